The average Bonchev–Trinajstić information content (AvgIpc) is 3.41. The topological polar surface area (TPSA) is 76.8 Å². The monoisotopic (exact) mass is 562 g/mol. The summed E-state index contributed by atoms with van der Waals surface area (Å²) in [6, 6.07) is 12.9. The molecule has 2 atom stereocenters. The van der Waals surface area contributed by atoms with Gasteiger partial charge in [-0.05, 0) is 37.1 Å². The Kier molecular flexibility index (Phi) is 6.87. The number of fused-ring (bicyclic) bond motifs is 1. The first-order chi connectivity index (χ1) is 18.0. The number of nitrogens with zero attached hydrogens (tertiary/aromatic N) is 4. The average molecular weight is 563 g/mol. The number of carbonyl (C=O) groups is 1. The molecule has 0 saturated heterocycles. The number of carbonyl (C=O) groups excluding carboxylic acids is 1. The van der Waals surface area contributed by atoms with Crippen molar-refractivity contribution in [2.45, 2.75) is 45.1 Å². The summed E-state index contributed by atoms with van der Waals surface area (Å²) < 4.78 is 44.5. The lowest BCUT2D eigenvalue weighted by atomic mass is 9.97. The SMILES string of the molecule is Cc1nn(Cc2ccc(Cl)cc2Cl)c(C)c1NC(=O)c1cc2n(n1)C(C(F)(F)F)CC(c1ccccc1)N2. The molecule has 0 aliphatic carbocycles. The van der Waals surface area contributed by atoms with E-state index in [4.69, 9.17) is 23.2 Å². The maximum atomic E-state index is 14.0. The van der Waals surface area contributed by atoms with Gasteiger partial charge in [0.15, 0.2) is 11.7 Å². The molecule has 2 aromatic carbocycles. The minimum absolute atomic E-state index is 0.124. The second-order valence-corrected chi connectivity index (χ2v) is 10.00. The van der Waals surface area contributed by atoms with Crippen LogP contribution in [0.15, 0.2) is 54.6 Å². The summed E-state index contributed by atoms with van der Waals surface area (Å²) in [4.78, 5) is 13.1. The van der Waals surface area contributed by atoms with Gasteiger partial charge in [0, 0.05) is 22.5 Å². The van der Waals surface area contributed by atoms with Crippen LogP contribution in [0.1, 0.15) is 51.5 Å². The zero-order valence-electron chi connectivity index (χ0n) is 20.4. The number of hydrogen-bond donors (Lipinski definition) is 2. The molecular formula is C26H23Cl2F3N6O. The Morgan fingerprint density at radius 3 is 2.53 bits per heavy atom. The van der Waals surface area contributed by atoms with E-state index in [0.29, 0.717) is 33.7 Å². The standard InChI is InChI=1S/C26H23Cl2F3N6O/c1-14-24(15(2)36(34-14)13-17-8-9-18(27)10-19(17)28)33-25(38)21-12-23-32-20(16-6-4-3-5-7-16)11-22(26(29,30)31)37(23)35-21/h3-10,12,20,22,32H,11,13H2,1-2H3,(H,33,38). The van der Waals surface area contributed by atoms with Crippen LogP contribution in [0.5, 0.6) is 0 Å². The van der Waals surface area contributed by atoms with E-state index in [9.17, 15) is 18.0 Å². The van der Waals surface area contributed by atoms with Crippen molar-refractivity contribution in [3.63, 3.8) is 0 Å². The molecule has 2 unspecified atom stereocenters. The number of aromatic nitrogens is 4. The zero-order chi connectivity index (χ0) is 27.2. The Morgan fingerprint density at radius 2 is 1.84 bits per heavy atom. The molecule has 38 heavy (non-hydrogen) atoms. The van der Waals surface area contributed by atoms with Crippen molar-refractivity contribution in [2.24, 2.45) is 0 Å². The first-order valence-corrected chi connectivity index (χ1v) is 12.5. The van der Waals surface area contributed by atoms with Crippen LogP contribution in [0, 0.1) is 13.8 Å². The molecule has 4 aromatic rings. The third kappa shape index (κ3) is 5.10. The maximum Gasteiger partial charge on any atom is 0.410 e. The van der Waals surface area contributed by atoms with Crippen LogP contribution in [0.4, 0.5) is 24.7 Å². The number of nitrogens with one attached hydrogen (secondary N) is 2. The van der Waals surface area contributed by atoms with E-state index in [-0.39, 0.29) is 17.9 Å². The molecule has 1 aliphatic rings. The van der Waals surface area contributed by atoms with Crippen molar-refractivity contribution in [3.05, 3.63) is 92.9 Å². The smallest absolute Gasteiger partial charge is 0.363 e. The minimum Gasteiger partial charge on any atom is -0.363 e. The Labute approximate surface area is 226 Å². The molecule has 5 rings (SSSR count). The molecule has 2 aromatic heterocycles. The summed E-state index contributed by atoms with van der Waals surface area (Å²) in [6.45, 7) is 3.85. The summed E-state index contributed by atoms with van der Waals surface area (Å²) in [6.07, 6.45) is -4.79. The van der Waals surface area contributed by atoms with Crippen LogP contribution in [-0.2, 0) is 6.54 Å². The van der Waals surface area contributed by atoms with Gasteiger partial charge in [-0.2, -0.15) is 23.4 Å². The number of aryl methyl sites for hydroxylation is 1. The number of rotatable bonds is 5. The lowest BCUT2D eigenvalue weighted by molar-refractivity contribution is -0.173. The normalized spacial score (nSPS) is 17.1. The van der Waals surface area contributed by atoms with E-state index in [1.165, 1.54) is 6.07 Å². The van der Waals surface area contributed by atoms with Crippen molar-refractivity contribution >= 4 is 40.6 Å². The second-order valence-electron chi connectivity index (χ2n) is 9.15. The minimum atomic E-state index is -4.54. The van der Waals surface area contributed by atoms with E-state index >= 15 is 0 Å². The van der Waals surface area contributed by atoms with Gasteiger partial charge in [0.1, 0.15) is 5.82 Å². The van der Waals surface area contributed by atoms with Gasteiger partial charge in [-0.15, -0.1) is 0 Å². The highest BCUT2D eigenvalue weighted by Gasteiger charge is 2.46. The molecule has 12 heteroatoms. The summed E-state index contributed by atoms with van der Waals surface area (Å²) in [5.74, 6) is -0.514. The molecule has 7 nitrogen and oxygen atoms in total. The number of anilines is 2. The van der Waals surface area contributed by atoms with Gasteiger partial charge in [-0.3, -0.25) is 9.48 Å². The highest BCUT2D eigenvalue weighted by atomic mass is 35.5. The van der Waals surface area contributed by atoms with Crippen molar-refractivity contribution in [1.82, 2.24) is 19.6 Å². The molecule has 3 heterocycles. The summed E-state index contributed by atoms with van der Waals surface area (Å²) in [7, 11) is 0. The summed E-state index contributed by atoms with van der Waals surface area (Å²) in [5.41, 5.74) is 3.02. The highest BCUT2D eigenvalue weighted by molar-refractivity contribution is 6.35. The lowest BCUT2D eigenvalue weighted by Crippen LogP contribution is -2.35. The number of benzene rings is 2. The van der Waals surface area contributed by atoms with Gasteiger partial charge in [-0.1, -0.05) is 59.6 Å². The Morgan fingerprint density at radius 1 is 1.11 bits per heavy atom. The van der Waals surface area contributed by atoms with Gasteiger partial charge in [0.2, 0.25) is 0 Å². The fourth-order valence-electron chi connectivity index (χ4n) is 4.61. The Balaban J connectivity index is 1.40. The van der Waals surface area contributed by atoms with E-state index in [2.05, 4.69) is 20.8 Å². The van der Waals surface area contributed by atoms with Crippen molar-refractivity contribution < 1.29 is 18.0 Å². The molecule has 0 spiro atoms. The fourth-order valence-corrected chi connectivity index (χ4v) is 5.08. The second kappa shape index (κ2) is 9.99. The van der Waals surface area contributed by atoms with Crippen LogP contribution >= 0.6 is 23.2 Å². The van der Waals surface area contributed by atoms with Crippen molar-refractivity contribution in [3.8, 4) is 0 Å². The molecule has 1 amide bonds. The zero-order valence-corrected chi connectivity index (χ0v) is 21.9. The molecule has 0 fully saturated rings. The first kappa shape index (κ1) is 26.1. The van der Waals surface area contributed by atoms with Gasteiger partial charge in [0.05, 0.1) is 29.7 Å². The largest absolute Gasteiger partial charge is 0.410 e. The first-order valence-electron chi connectivity index (χ1n) is 11.8. The van der Waals surface area contributed by atoms with Crippen LogP contribution < -0.4 is 10.6 Å². The number of hydrogen-bond acceptors (Lipinski definition) is 4. The molecule has 0 saturated carbocycles. The number of alkyl halides is 3. The molecular weight excluding hydrogens is 540 g/mol. The molecule has 2 N–H and O–H groups in total. The molecule has 1 aliphatic heterocycles. The van der Waals surface area contributed by atoms with Crippen molar-refractivity contribution in [2.75, 3.05) is 10.6 Å². The Hall–Kier alpha value is -3.50. The number of amides is 1. The molecule has 0 bridgehead atoms. The van der Waals surface area contributed by atoms with E-state index in [1.54, 1.807) is 67.1 Å². The maximum absolute atomic E-state index is 14.0. The van der Waals surface area contributed by atoms with Crippen LogP contribution in [0.2, 0.25) is 10.0 Å². The van der Waals surface area contributed by atoms with Crippen molar-refractivity contribution in [1.29, 1.82) is 0 Å². The Bertz CT molecular complexity index is 1500. The van der Waals surface area contributed by atoms with E-state index < -0.39 is 24.2 Å². The quantitative estimate of drug-likeness (QED) is 0.275. The number of halogens is 5. The highest BCUT2D eigenvalue weighted by Crippen LogP contribution is 2.43. The van der Waals surface area contributed by atoms with Crippen LogP contribution in [0.25, 0.3) is 0 Å². The third-order valence-corrected chi connectivity index (χ3v) is 7.17. The van der Waals surface area contributed by atoms with E-state index in [0.717, 1.165) is 15.8 Å². The van der Waals surface area contributed by atoms with E-state index in [1.807, 2.05) is 0 Å². The van der Waals surface area contributed by atoms with Crippen LogP contribution in [0.3, 0.4) is 0 Å². The predicted octanol–water partition coefficient (Wildman–Crippen LogP) is 6.96. The van der Waals surface area contributed by atoms with Gasteiger partial charge in [0.25, 0.3) is 5.91 Å². The predicted molar refractivity (Wildman–Crippen MR) is 140 cm³/mol. The molecule has 198 valence electrons. The fraction of sp³-hybridized carbons (Fsp3) is 0.269. The van der Waals surface area contributed by atoms with Gasteiger partial charge in [-0.25, -0.2) is 4.68 Å². The van der Waals surface area contributed by atoms with Gasteiger partial charge >= 0.3 is 6.18 Å². The third-order valence-electron chi connectivity index (χ3n) is 6.58. The molecule has 0 radical (unpaired) electrons. The van der Waals surface area contributed by atoms with Crippen LogP contribution in [-0.4, -0.2) is 31.6 Å². The summed E-state index contributed by atoms with van der Waals surface area (Å²) >= 11 is 12.3. The lowest BCUT2D eigenvalue weighted by Gasteiger charge is -2.33. The summed E-state index contributed by atoms with van der Waals surface area (Å²) in [5, 5.41) is 15.4. The van der Waals surface area contributed by atoms with Gasteiger partial charge < -0.3 is 10.6 Å².